The molecular formula is C20H22N4OS. The molecule has 0 bridgehead atoms. The van der Waals surface area contributed by atoms with Crippen LogP contribution < -0.4 is 5.32 Å². The zero-order chi connectivity index (χ0) is 18.5. The van der Waals surface area contributed by atoms with Crippen molar-refractivity contribution in [1.82, 2.24) is 14.8 Å². The lowest BCUT2D eigenvalue weighted by Gasteiger charge is -2.08. The van der Waals surface area contributed by atoms with Gasteiger partial charge in [0.05, 0.1) is 5.75 Å². The standard InChI is InChI=1S/C20H22N4OS/c1-4-24-19(16-10-8-14(2)9-11-16)22-23-20(24)26-13-18(25)21-17-7-5-6-15(3)12-17/h5-12H,4,13H2,1-3H3,(H,21,25). The minimum absolute atomic E-state index is 0.0526. The van der Waals surface area contributed by atoms with E-state index >= 15 is 0 Å². The van der Waals surface area contributed by atoms with Crippen molar-refractivity contribution in [2.75, 3.05) is 11.1 Å². The molecule has 0 atom stereocenters. The van der Waals surface area contributed by atoms with E-state index < -0.39 is 0 Å². The predicted molar refractivity (Wildman–Crippen MR) is 106 cm³/mol. The lowest BCUT2D eigenvalue weighted by Crippen LogP contribution is -2.14. The number of nitrogens with zero attached hydrogens (tertiary/aromatic N) is 3. The average Bonchev–Trinajstić information content (AvgIpc) is 3.03. The summed E-state index contributed by atoms with van der Waals surface area (Å²) in [5.41, 5.74) is 4.16. The Morgan fingerprint density at radius 2 is 1.85 bits per heavy atom. The zero-order valence-corrected chi connectivity index (χ0v) is 16.0. The van der Waals surface area contributed by atoms with Gasteiger partial charge in [0.15, 0.2) is 11.0 Å². The lowest BCUT2D eigenvalue weighted by molar-refractivity contribution is -0.113. The van der Waals surface area contributed by atoms with E-state index in [0.29, 0.717) is 5.75 Å². The first-order chi connectivity index (χ1) is 12.6. The third-order valence-corrected chi connectivity index (χ3v) is 4.94. The van der Waals surface area contributed by atoms with Crippen LogP contribution in [0.3, 0.4) is 0 Å². The summed E-state index contributed by atoms with van der Waals surface area (Å²) in [6.07, 6.45) is 0. The first kappa shape index (κ1) is 18.2. The van der Waals surface area contributed by atoms with E-state index in [1.54, 1.807) is 0 Å². The molecule has 0 aliphatic rings. The molecule has 1 heterocycles. The number of aryl methyl sites for hydroxylation is 2. The minimum Gasteiger partial charge on any atom is -0.325 e. The molecule has 6 heteroatoms. The van der Waals surface area contributed by atoms with E-state index in [0.717, 1.165) is 34.3 Å². The van der Waals surface area contributed by atoms with Gasteiger partial charge in [0.2, 0.25) is 5.91 Å². The van der Waals surface area contributed by atoms with Crippen molar-refractivity contribution in [3.05, 3.63) is 59.7 Å². The normalized spacial score (nSPS) is 10.7. The van der Waals surface area contributed by atoms with Gasteiger partial charge in [0.1, 0.15) is 0 Å². The van der Waals surface area contributed by atoms with Crippen LogP contribution in [0.5, 0.6) is 0 Å². The minimum atomic E-state index is -0.0526. The van der Waals surface area contributed by atoms with Crippen molar-refractivity contribution >= 4 is 23.4 Å². The van der Waals surface area contributed by atoms with E-state index in [1.807, 2.05) is 47.9 Å². The monoisotopic (exact) mass is 366 g/mol. The number of thioether (sulfide) groups is 1. The van der Waals surface area contributed by atoms with Gasteiger partial charge in [-0.15, -0.1) is 10.2 Å². The maximum Gasteiger partial charge on any atom is 0.234 e. The molecule has 1 N–H and O–H groups in total. The topological polar surface area (TPSA) is 59.8 Å². The second-order valence-electron chi connectivity index (χ2n) is 6.12. The van der Waals surface area contributed by atoms with Crippen molar-refractivity contribution < 1.29 is 4.79 Å². The quantitative estimate of drug-likeness (QED) is 0.660. The molecule has 3 aromatic rings. The fourth-order valence-corrected chi connectivity index (χ4v) is 3.45. The van der Waals surface area contributed by atoms with E-state index in [4.69, 9.17) is 0 Å². The van der Waals surface area contributed by atoms with E-state index in [-0.39, 0.29) is 5.91 Å². The predicted octanol–water partition coefficient (Wildman–Crippen LogP) is 4.31. The van der Waals surface area contributed by atoms with Gasteiger partial charge in [0, 0.05) is 17.8 Å². The van der Waals surface area contributed by atoms with Crippen LogP contribution in [0.4, 0.5) is 5.69 Å². The number of rotatable bonds is 6. The molecule has 134 valence electrons. The van der Waals surface area contributed by atoms with Crippen molar-refractivity contribution in [2.24, 2.45) is 0 Å². The fourth-order valence-electron chi connectivity index (χ4n) is 2.65. The number of hydrogen-bond acceptors (Lipinski definition) is 4. The Hall–Kier alpha value is -2.60. The van der Waals surface area contributed by atoms with Gasteiger partial charge in [-0.3, -0.25) is 4.79 Å². The molecule has 0 aliphatic heterocycles. The molecule has 1 amide bonds. The number of carbonyl (C=O) groups excluding carboxylic acids is 1. The van der Waals surface area contributed by atoms with Crippen LogP contribution in [0.15, 0.2) is 53.7 Å². The Bertz CT molecular complexity index is 902. The Morgan fingerprint density at radius 3 is 2.54 bits per heavy atom. The van der Waals surface area contributed by atoms with Gasteiger partial charge in [-0.1, -0.05) is 53.7 Å². The highest BCUT2D eigenvalue weighted by Crippen LogP contribution is 2.24. The molecule has 0 saturated heterocycles. The molecule has 1 aromatic heterocycles. The number of aromatic nitrogens is 3. The maximum atomic E-state index is 12.2. The Balaban J connectivity index is 1.68. The van der Waals surface area contributed by atoms with Crippen molar-refractivity contribution in [2.45, 2.75) is 32.5 Å². The first-order valence-corrected chi connectivity index (χ1v) is 9.55. The highest BCUT2D eigenvalue weighted by Gasteiger charge is 2.14. The molecule has 5 nitrogen and oxygen atoms in total. The summed E-state index contributed by atoms with van der Waals surface area (Å²) < 4.78 is 2.04. The Morgan fingerprint density at radius 1 is 1.08 bits per heavy atom. The van der Waals surface area contributed by atoms with Crippen molar-refractivity contribution in [1.29, 1.82) is 0 Å². The Kier molecular flexibility index (Phi) is 5.73. The van der Waals surface area contributed by atoms with E-state index in [9.17, 15) is 4.79 Å². The molecule has 3 rings (SSSR count). The summed E-state index contributed by atoms with van der Waals surface area (Å²) in [6, 6.07) is 16.0. The number of anilines is 1. The van der Waals surface area contributed by atoms with Crippen LogP contribution in [0, 0.1) is 13.8 Å². The number of carbonyl (C=O) groups is 1. The summed E-state index contributed by atoms with van der Waals surface area (Å²) in [4.78, 5) is 12.2. The SMILES string of the molecule is CCn1c(SCC(=O)Nc2cccc(C)c2)nnc1-c1ccc(C)cc1. The molecule has 2 aromatic carbocycles. The van der Waals surface area contributed by atoms with Crippen LogP contribution in [0.2, 0.25) is 0 Å². The number of nitrogens with one attached hydrogen (secondary N) is 1. The largest absolute Gasteiger partial charge is 0.325 e. The van der Waals surface area contributed by atoms with Gasteiger partial charge >= 0.3 is 0 Å². The van der Waals surface area contributed by atoms with Gasteiger partial charge in [0.25, 0.3) is 0 Å². The van der Waals surface area contributed by atoms with Gasteiger partial charge < -0.3 is 9.88 Å². The molecule has 0 radical (unpaired) electrons. The molecule has 0 fully saturated rings. The first-order valence-electron chi connectivity index (χ1n) is 8.56. The zero-order valence-electron chi connectivity index (χ0n) is 15.2. The second-order valence-corrected chi connectivity index (χ2v) is 7.07. The summed E-state index contributed by atoms with van der Waals surface area (Å²) in [5, 5.41) is 12.3. The van der Waals surface area contributed by atoms with Crippen LogP contribution >= 0.6 is 11.8 Å². The second kappa shape index (κ2) is 8.19. The summed E-state index contributed by atoms with van der Waals surface area (Å²) in [7, 11) is 0. The summed E-state index contributed by atoms with van der Waals surface area (Å²) >= 11 is 1.40. The summed E-state index contributed by atoms with van der Waals surface area (Å²) in [5.74, 6) is 1.07. The highest BCUT2D eigenvalue weighted by atomic mass is 32.2. The van der Waals surface area contributed by atoms with Crippen molar-refractivity contribution in [3.8, 4) is 11.4 Å². The van der Waals surface area contributed by atoms with Gasteiger partial charge in [-0.2, -0.15) is 0 Å². The molecule has 0 unspecified atom stereocenters. The molecular weight excluding hydrogens is 344 g/mol. The molecule has 0 aliphatic carbocycles. The molecule has 0 spiro atoms. The van der Waals surface area contributed by atoms with Crippen LogP contribution in [-0.2, 0) is 11.3 Å². The maximum absolute atomic E-state index is 12.2. The smallest absolute Gasteiger partial charge is 0.234 e. The third kappa shape index (κ3) is 4.32. The fraction of sp³-hybridized carbons (Fsp3) is 0.250. The van der Waals surface area contributed by atoms with Crippen LogP contribution in [-0.4, -0.2) is 26.4 Å². The third-order valence-electron chi connectivity index (χ3n) is 3.98. The number of hydrogen-bond donors (Lipinski definition) is 1. The number of amides is 1. The van der Waals surface area contributed by atoms with Crippen LogP contribution in [0.1, 0.15) is 18.1 Å². The Labute approximate surface area is 157 Å². The van der Waals surface area contributed by atoms with Crippen LogP contribution in [0.25, 0.3) is 11.4 Å². The van der Waals surface area contributed by atoms with E-state index in [1.165, 1.54) is 17.3 Å². The van der Waals surface area contributed by atoms with Gasteiger partial charge in [-0.25, -0.2) is 0 Å². The summed E-state index contributed by atoms with van der Waals surface area (Å²) in [6.45, 7) is 6.86. The van der Waals surface area contributed by atoms with E-state index in [2.05, 4.69) is 41.5 Å². The highest BCUT2D eigenvalue weighted by molar-refractivity contribution is 7.99. The van der Waals surface area contributed by atoms with Crippen molar-refractivity contribution in [3.63, 3.8) is 0 Å². The molecule has 26 heavy (non-hydrogen) atoms. The van der Waals surface area contributed by atoms with Gasteiger partial charge in [-0.05, 0) is 38.5 Å². The number of benzene rings is 2. The lowest BCUT2D eigenvalue weighted by atomic mass is 10.1. The average molecular weight is 366 g/mol. The molecule has 0 saturated carbocycles.